The first-order chi connectivity index (χ1) is 29.3. The minimum atomic E-state index is -4.84. The number of rotatable bonds is 17. The molecule has 1 amide bonds. The summed E-state index contributed by atoms with van der Waals surface area (Å²) in [5, 5.41) is 36.2. The molecule has 15 nitrogen and oxygen atoms in total. The molecule has 2 aromatic heterocycles. The van der Waals surface area contributed by atoms with Crippen LogP contribution in [0.15, 0.2) is 36.5 Å². The third-order valence-corrected chi connectivity index (χ3v) is 10.3. The Bertz CT molecular complexity index is 2040. The van der Waals surface area contributed by atoms with E-state index in [1.807, 2.05) is 4.90 Å². The molecule has 338 valence electrons. The number of hydrogen-bond acceptors (Lipinski definition) is 11. The van der Waals surface area contributed by atoms with Gasteiger partial charge in [0, 0.05) is 45.6 Å². The Balaban J connectivity index is 0.000000421. The fourth-order valence-electron chi connectivity index (χ4n) is 7.09. The summed E-state index contributed by atoms with van der Waals surface area (Å²) in [7, 11) is 0. The summed E-state index contributed by atoms with van der Waals surface area (Å²) in [4.78, 5) is 48.3. The number of carboxylic acids is 2. The summed E-state index contributed by atoms with van der Waals surface area (Å²) >= 11 is 0. The maximum atomic E-state index is 13.7. The van der Waals surface area contributed by atoms with Gasteiger partial charge in [-0.25, -0.2) is 19.7 Å². The quantitative estimate of drug-likeness (QED) is 0.0758. The second-order valence-electron chi connectivity index (χ2n) is 14.8. The zero-order valence-electron chi connectivity index (χ0n) is 34.0. The summed E-state index contributed by atoms with van der Waals surface area (Å²) < 4.78 is 92.9. The first-order valence-corrected chi connectivity index (χ1v) is 20.0. The SMILES string of the molecule is CC[C@]1(N)C[C@H](c2ncc(N3CCOCC3)c(Cc3cc(C#N)cc(C(F)(F)F)c3)n2)c2nc(C(F)(F)F)ccc2N1C(=O)O.O=C(O)CCCCCOCCCCCC(=O)O. The highest BCUT2D eigenvalue weighted by Gasteiger charge is 2.48. The number of unbranched alkanes of at least 4 members (excludes halogenated alkanes) is 4. The molecule has 0 unspecified atom stereocenters. The van der Waals surface area contributed by atoms with E-state index in [4.69, 9.17) is 25.4 Å². The smallest absolute Gasteiger partial charge is 0.433 e. The standard InChI is InChI=1S/C29H27F6N7O3.C12H22O5/c1-2-27(37)13-19(24-21(42(27)26(43)44)3-4-23(40-24)29(33,34)35)25-38-15-22(41-5-7-45-8-6-41)20(39-25)12-16-9-17(14-36)11-18(10-16)28(30,31)32;13-11(14)7-3-1-5-9-17-10-6-2-4-8-12(15)16/h3-4,9-11,15,19H,2,5-8,12-13,37H2,1H3,(H,43,44);1-10H2,(H,13,14)(H,15,16)/t19-,27+;/m0./s1. The number of hydrogen-bond donors (Lipinski definition) is 4. The summed E-state index contributed by atoms with van der Waals surface area (Å²) in [5.41, 5.74) is 2.92. The van der Waals surface area contributed by atoms with Gasteiger partial charge >= 0.3 is 30.4 Å². The number of pyridine rings is 1. The molecule has 0 radical (unpaired) electrons. The lowest BCUT2D eigenvalue weighted by atomic mass is 9.83. The zero-order valence-corrected chi connectivity index (χ0v) is 34.0. The van der Waals surface area contributed by atoms with E-state index in [9.17, 15) is 51.1 Å². The molecule has 2 aliphatic rings. The average Bonchev–Trinajstić information content (AvgIpc) is 3.21. The molecule has 1 fully saturated rings. The van der Waals surface area contributed by atoms with Crippen molar-refractivity contribution >= 4 is 29.4 Å². The minimum Gasteiger partial charge on any atom is -0.481 e. The van der Waals surface area contributed by atoms with E-state index in [0.29, 0.717) is 64.1 Å². The van der Waals surface area contributed by atoms with Crippen molar-refractivity contribution in [1.82, 2.24) is 15.0 Å². The number of amides is 1. The Morgan fingerprint density at radius 2 is 1.53 bits per heavy atom. The highest BCUT2D eigenvalue weighted by molar-refractivity contribution is 5.89. The van der Waals surface area contributed by atoms with Crippen molar-refractivity contribution in [3.05, 3.63) is 76.1 Å². The summed E-state index contributed by atoms with van der Waals surface area (Å²) in [5.74, 6) is -2.62. The Hall–Kier alpha value is -5.59. The van der Waals surface area contributed by atoms with Gasteiger partial charge in [0.25, 0.3) is 0 Å². The number of nitrogens with two attached hydrogens (primary N) is 1. The molecule has 0 spiro atoms. The number of nitriles is 1. The van der Waals surface area contributed by atoms with E-state index in [1.165, 1.54) is 12.3 Å². The Morgan fingerprint density at radius 3 is 2.06 bits per heavy atom. The van der Waals surface area contributed by atoms with Crippen molar-refractivity contribution in [3.8, 4) is 6.07 Å². The van der Waals surface area contributed by atoms with Crippen molar-refractivity contribution < 1.29 is 65.5 Å². The second kappa shape index (κ2) is 22.0. The molecular weight excluding hydrogens is 832 g/mol. The number of fused-ring (bicyclic) bond motifs is 1. The first kappa shape index (κ1) is 49.1. The van der Waals surface area contributed by atoms with Crippen LogP contribution in [0.3, 0.4) is 0 Å². The van der Waals surface area contributed by atoms with Crippen LogP contribution in [0, 0.1) is 11.3 Å². The summed E-state index contributed by atoms with van der Waals surface area (Å²) in [6, 6.07) is 6.35. The van der Waals surface area contributed by atoms with Crippen LogP contribution in [0.4, 0.5) is 42.5 Å². The predicted octanol–water partition coefficient (Wildman–Crippen LogP) is 7.59. The number of aliphatic carboxylic acids is 2. The number of aromatic nitrogens is 3. The maximum Gasteiger partial charge on any atom is 0.433 e. The van der Waals surface area contributed by atoms with Crippen LogP contribution in [0.5, 0.6) is 0 Å². The number of halogens is 6. The van der Waals surface area contributed by atoms with E-state index in [1.54, 1.807) is 13.0 Å². The normalized spacial score (nSPS) is 17.7. The highest BCUT2D eigenvalue weighted by atomic mass is 19.4. The molecule has 21 heteroatoms. The van der Waals surface area contributed by atoms with Crippen molar-refractivity contribution in [2.24, 2.45) is 5.73 Å². The molecule has 4 heterocycles. The molecule has 2 aliphatic heterocycles. The van der Waals surface area contributed by atoms with Gasteiger partial charge in [-0.3, -0.25) is 14.5 Å². The van der Waals surface area contributed by atoms with Crippen molar-refractivity contribution in [2.45, 2.75) is 101 Å². The van der Waals surface area contributed by atoms with Crippen molar-refractivity contribution in [3.63, 3.8) is 0 Å². The molecule has 5 rings (SSSR count). The first-order valence-electron chi connectivity index (χ1n) is 20.0. The van der Waals surface area contributed by atoms with Gasteiger partial charge in [0.1, 0.15) is 17.2 Å². The topological polar surface area (TPSA) is 225 Å². The lowest BCUT2D eigenvalue weighted by Crippen LogP contribution is -2.61. The number of alkyl halides is 6. The van der Waals surface area contributed by atoms with E-state index < -0.39 is 53.2 Å². The van der Waals surface area contributed by atoms with Crippen LogP contribution in [0.25, 0.3) is 0 Å². The van der Waals surface area contributed by atoms with Crippen LogP contribution in [0.1, 0.15) is 117 Å². The number of morpholine rings is 1. The molecule has 1 saturated heterocycles. The summed E-state index contributed by atoms with van der Waals surface area (Å²) in [6.07, 6.45) is -4.53. The highest BCUT2D eigenvalue weighted by Crippen LogP contribution is 2.46. The summed E-state index contributed by atoms with van der Waals surface area (Å²) in [6.45, 7) is 4.52. The molecule has 0 aliphatic carbocycles. The maximum absolute atomic E-state index is 13.7. The van der Waals surface area contributed by atoms with E-state index in [-0.39, 0.29) is 66.1 Å². The predicted molar refractivity (Wildman–Crippen MR) is 210 cm³/mol. The van der Waals surface area contributed by atoms with Gasteiger partial charge in [-0.2, -0.15) is 31.6 Å². The van der Waals surface area contributed by atoms with Crippen LogP contribution < -0.4 is 15.5 Å². The fraction of sp³-hybridized carbons (Fsp3) is 0.537. The Kier molecular flexibility index (Phi) is 17.4. The van der Waals surface area contributed by atoms with Gasteiger partial charge in [-0.1, -0.05) is 19.8 Å². The largest absolute Gasteiger partial charge is 0.481 e. The van der Waals surface area contributed by atoms with Crippen LogP contribution >= 0.6 is 0 Å². The number of nitrogens with zero attached hydrogens (tertiary/aromatic N) is 6. The fourth-order valence-corrected chi connectivity index (χ4v) is 7.09. The molecule has 0 saturated carbocycles. The van der Waals surface area contributed by atoms with Gasteiger partial charge in [-0.15, -0.1) is 0 Å². The Labute approximate surface area is 353 Å². The second-order valence-corrected chi connectivity index (χ2v) is 14.8. The van der Waals surface area contributed by atoms with Gasteiger partial charge in [0.05, 0.1) is 65.3 Å². The van der Waals surface area contributed by atoms with Gasteiger partial charge < -0.3 is 35.4 Å². The molecule has 2 atom stereocenters. The third kappa shape index (κ3) is 13.7. The lowest BCUT2D eigenvalue weighted by molar-refractivity contribution is -0.141. The molecule has 62 heavy (non-hydrogen) atoms. The van der Waals surface area contributed by atoms with Crippen LogP contribution in [-0.4, -0.2) is 93.5 Å². The monoisotopic (exact) mass is 881 g/mol. The number of anilines is 2. The molecule has 5 N–H and O–H groups in total. The molecule has 0 bridgehead atoms. The number of ether oxygens (including phenoxy) is 2. The van der Waals surface area contributed by atoms with E-state index in [2.05, 4.69) is 15.0 Å². The van der Waals surface area contributed by atoms with Gasteiger partial charge in [0.15, 0.2) is 0 Å². The third-order valence-electron chi connectivity index (χ3n) is 10.3. The molecule has 3 aromatic rings. The van der Waals surface area contributed by atoms with E-state index >= 15 is 0 Å². The van der Waals surface area contributed by atoms with Gasteiger partial charge in [0.2, 0.25) is 0 Å². The average molecular weight is 882 g/mol. The number of carboxylic acid groups (broad SMARTS) is 3. The number of benzene rings is 1. The van der Waals surface area contributed by atoms with Crippen LogP contribution in [-0.2, 0) is 37.8 Å². The Morgan fingerprint density at radius 1 is 0.903 bits per heavy atom. The zero-order chi connectivity index (χ0) is 45.7. The molecule has 1 aromatic carbocycles. The van der Waals surface area contributed by atoms with Gasteiger partial charge in [-0.05, 0) is 74.4 Å². The van der Waals surface area contributed by atoms with Crippen molar-refractivity contribution in [1.29, 1.82) is 5.26 Å². The minimum absolute atomic E-state index is 0.0316. The van der Waals surface area contributed by atoms with Crippen molar-refractivity contribution in [2.75, 3.05) is 49.3 Å². The number of carbonyl (C=O) groups is 3. The van der Waals surface area contributed by atoms with E-state index in [0.717, 1.165) is 48.8 Å². The van der Waals surface area contributed by atoms with Crippen LogP contribution in [0.2, 0.25) is 0 Å². The molecular formula is C41H49F6N7O8. The lowest BCUT2D eigenvalue weighted by Gasteiger charge is -2.45.